The number of hydrogen-bond acceptors (Lipinski definition) is 6. The highest BCUT2D eigenvalue weighted by molar-refractivity contribution is 5.75. The number of benzene rings is 1. The van der Waals surface area contributed by atoms with Gasteiger partial charge in [-0.3, -0.25) is 4.90 Å². The van der Waals surface area contributed by atoms with E-state index in [1.54, 1.807) is 6.33 Å². The van der Waals surface area contributed by atoms with E-state index in [2.05, 4.69) is 55.4 Å². The third kappa shape index (κ3) is 4.50. The molecule has 2 fully saturated rings. The Bertz CT molecular complexity index is 721. The smallest absolute Gasteiger partial charge is 0.157 e. The maximum Gasteiger partial charge on any atom is 0.157 e. The largest absolute Gasteiger partial charge is 0.393 e. The summed E-state index contributed by atoms with van der Waals surface area (Å²) < 4.78 is 0. The number of anilines is 3. The van der Waals surface area contributed by atoms with E-state index in [1.165, 1.54) is 37.7 Å². The van der Waals surface area contributed by atoms with Crippen molar-refractivity contribution in [3.63, 3.8) is 0 Å². The first-order chi connectivity index (χ1) is 13.3. The van der Waals surface area contributed by atoms with Crippen molar-refractivity contribution in [1.82, 2.24) is 14.9 Å². The molecule has 0 bridgehead atoms. The van der Waals surface area contributed by atoms with Crippen molar-refractivity contribution in [2.75, 3.05) is 42.1 Å². The minimum Gasteiger partial charge on any atom is -0.393 e. The van der Waals surface area contributed by atoms with Gasteiger partial charge in [-0.1, -0.05) is 49.6 Å². The molecule has 0 unspecified atom stereocenters. The molecule has 4 rings (SSSR count). The normalized spacial score (nSPS) is 19.2. The lowest BCUT2D eigenvalue weighted by molar-refractivity contribution is 0.249. The Balaban J connectivity index is 1.37. The number of aromatic nitrogens is 2. The molecule has 1 aliphatic carbocycles. The van der Waals surface area contributed by atoms with Crippen LogP contribution in [0.5, 0.6) is 0 Å². The molecule has 0 amide bonds. The van der Waals surface area contributed by atoms with E-state index in [9.17, 15) is 0 Å². The number of hydrogen-bond donors (Lipinski definition) is 2. The summed E-state index contributed by atoms with van der Waals surface area (Å²) in [6.45, 7) is 4.92. The molecule has 6 heteroatoms. The van der Waals surface area contributed by atoms with E-state index >= 15 is 0 Å². The molecular weight excluding hydrogens is 336 g/mol. The molecule has 2 aromatic rings. The Morgan fingerprint density at radius 1 is 0.963 bits per heavy atom. The topological polar surface area (TPSA) is 70.3 Å². The van der Waals surface area contributed by atoms with Gasteiger partial charge in [0.1, 0.15) is 12.0 Å². The summed E-state index contributed by atoms with van der Waals surface area (Å²) in [7, 11) is 0. The lowest BCUT2D eigenvalue weighted by Crippen LogP contribution is -2.46. The molecule has 1 aromatic heterocycles. The lowest BCUT2D eigenvalue weighted by atomic mass is 9.95. The van der Waals surface area contributed by atoms with Crippen LogP contribution >= 0.6 is 0 Å². The Kier molecular flexibility index (Phi) is 5.72. The Morgan fingerprint density at radius 2 is 1.70 bits per heavy atom. The zero-order chi connectivity index (χ0) is 18.5. The van der Waals surface area contributed by atoms with E-state index in [-0.39, 0.29) is 0 Å². The van der Waals surface area contributed by atoms with Crippen LogP contribution in [0.15, 0.2) is 36.7 Å². The fourth-order valence-electron chi connectivity index (χ4n) is 4.15. The van der Waals surface area contributed by atoms with Gasteiger partial charge in [-0.2, -0.15) is 0 Å². The second kappa shape index (κ2) is 8.57. The van der Waals surface area contributed by atoms with Gasteiger partial charge in [-0.15, -0.1) is 0 Å². The number of nitrogen functional groups attached to an aromatic ring is 1. The van der Waals surface area contributed by atoms with E-state index in [1.807, 2.05) is 0 Å². The maximum atomic E-state index is 6.45. The van der Waals surface area contributed by atoms with E-state index < -0.39 is 0 Å². The van der Waals surface area contributed by atoms with Crippen molar-refractivity contribution in [3.8, 4) is 0 Å². The third-order valence-electron chi connectivity index (χ3n) is 5.73. The fraction of sp³-hybridized carbons (Fsp3) is 0.524. The molecule has 0 atom stereocenters. The van der Waals surface area contributed by atoms with Gasteiger partial charge in [-0.05, 0) is 18.4 Å². The maximum absolute atomic E-state index is 6.45. The minimum atomic E-state index is 0.492. The molecule has 0 spiro atoms. The highest BCUT2D eigenvalue weighted by Gasteiger charge is 2.22. The lowest BCUT2D eigenvalue weighted by Gasteiger charge is -2.36. The van der Waals surface area contributed by atoms with Crippen LogP contribution in [-0.4, -0.2) is 47.1 Å². The molecule has 0 radical (unpaired) electrons. The van der Waals surface area contributed by atoms with Crippen molar-refractivity contribution in [3.05, 3.63) is 42.2 Å². The van der Waals surface area contributed by atoms with Gasteiger partial charge in [0.05, 0.1) is 0 Å². The highest BCUT2D eigenvalue weighted by Crippen LogP contribution is 2.29. The Hall–Kier alpha value is -2.34. The molecule has 2 heterocycles. The van der Waals surface area contributed by atoms with E-state index in [4.69, 9.17) is 5.73 Å². The van der Waals surface area contributed by atoms with Crippen molar-refractivity contribution in [2.24, 2.45) is 0 Å². The van der Waals surface area contributed by atoms with E-state index in [0.29, 0.717) is 11.7 Å². The average Bonchev–Trinajstić information content (AvgIpc) is 2.72. The summed E-state index contributed by atoms with van der Waals surface area (Å²) in [5.41, 5.74) is 8.51. The summed E-state index contributed by atoms with van der Waals surface area (Å²) >= 11 is 0. The van der Waals surface area contributed by atoms with Crippen LogP contribution < -0.4 is 16.0 Å². The van der Waals surface area contributed by atoms with Crippen LogP contribution in [0.1, 0.15) is 37.7 Å². The van der Waals surface area contributed by atoms with Crippen LogP contribution in [-0.2, 0) is 6.54 Å². The molecule has 1 aromatic carbocycles. The standard InChI is InChI=1S/C21H30N6/c22-19-20(25-18-9-5-2-6-10-18)23-16-24-21(19)27-13-11-26(12-14-27)15-17-7-3-1-4-8-17/h1,3-4,7-8,16,18H,2,5-6,9-15,22H2,(H,23,24,25). The molecule has 3 N–H and O–H groups in total. The van der Waals surface area contributed by atoms with E-state index in [0.717, 1.165) is 44.4 Å². The van der Waals surface area contributed by atoms with Crippen molar-refractivity contribution < 1.29 is 0 Å². The molecule has 1 aliphatic heterocycles. The molecule has 144 valence electrons. The molecule has 6 nitrogen and oxygen atoms in total. The SMILES string of the molecule is Nc1c(NC2CCCCC2)ncnc1N1CCN(Cc2ccccc2)CC1. The Labute approximate surface area is 161 Å². The van der Waals surface area contributed by atoms with Crippen molar-refractivity contribution in [2.45, 2.75) is 44.7 Å². The first kappa shape index (κ1) is 18.0. The Morgan fingerprint density at radius 3 is 2.44 bits per heavy atom. The number of nitrogens with two attached hydrogens (primary N) is 1. The minimum absolute atomic E-state index is 0.492. The van der Waals surface area contributed by atoms with Crippen LogP contribution in [0.25, 0.3) is 0 Å². The van der Waals surface area contributed by atoms with Gasteiger partial charge in [0, 0.05) is 38.8 Å². The molecular formula is C21H30N6. The van der Waals surface area contributed by atoms with Gasteiger partial charge in [0.25, 0.3) is 0 Å². The zero-order valence-electron chi connectivity index (χ0n) is 16.0. The molecule has 27 heavy (non-hydrogen) atoms. The highest BCUT2D eigenvalue weighted by atomic mass is 15.3. The predicted molar refractivity (Wildman–Crippen MR) is 111 cm³/mol. The fourth-order valence-corrected chi connectivity index (χ4v) is 4.15. The van der Waals surface area contributed by atoms with Gasteiger partial charge in [0.15, 0.2) is 11.6 Å². The second-order valence-corrected chi connectivity index (χ2v) is 7.69. The monoisotopic (exact) mass is 366 g/mol. The van der Waals surface area contributed by atoms with Crippen LogP contribution in [0.4, 0.5) is 17.3 Å². The summed E-state index contributed by atoms with van der Waals surface area (Å²) in [6.07, 6.45) is 7.98. The third-order valence-corrected chi connectivity index (χ3v) is 5.73. The summed E-state index contributed by atoms with van der Waals surface area (Å²) in [5.74, 6) is 1.68. The van der Waals surface area contributed by atoms with Gasteiger partial charge < -0.3 is 16.0 Å². The summed E-state index contributed by atoms with van der Waals surface area (Å²) in [6, 6.07) is 11.2. The van der Waals surface area contributed by atoms with Crippen molar-refractivity contribution >= 4 is 17.3 Å². The molecule has 1 saturated carbocycles. The molecule has 2 aliphatic rings. The number of nitrogens with one attached hydrogen (secondary N) is 1. The number of rotatable bonds is 5. The second-order valence-electron chi connectivity index (χ2n) is 7.69. The summed E-state index contributed by atoms with van der Waals surface area (Å²) in [5, 5.41) is 3.56. The van der Waals surface area contributed by atoms with Gasteiger partial charge in [0.2, 0.25) is 0 Å². The van der Waals surface area contributed by atoms with Crippen LogP contribution in [0, 0.1) is 0 Å². The van der Waals surface area contributed by atoms with Gasteiger partial charge >= 0.3 is 0 Å². The van der Waals surface area contributed by atoms with Gasteiger partial charge in [-0.25, -0.2) is 9.97 Å². The quantitative estimate of drug-likeness (QED) is 0.847. The first-order valence-corrected chi connectivity index (χ1v) is 10.2. The average molecular weight is 367 g/mol. The van der Waals surface area contributed by atoms with Crippen LogP contribution in [0.2, 0.25) is 0 Å². The number of nitrogens with zero attached hydrogens (tertiary/aromatic N) is 4. The van der Waals surface area contributed by atoms with Crippen molar-refractivity contribution in [1.29, 1.82) is 0 Å². The zero-order valence-corrected chi connectivity index (χ0v) is 16.0. The number of piperazine rings is 1. The molecule has 1 saturated heterocycles. The first-order valence-electron chi connectivity index (χ1n) is 10.2. The summed E-state index contributed by atoms with van der Waals surface area (Å²) in [4.78, 5) is 13.7. The predicted octanol–water partition coefficient (Wildman–Crippen LogP) is 3.13. The van der Waals surface area contributed by atoms with Crippen LogP contribution in [0.3, 0.4) is 0 Å².